The summed E-state index contributed by atoms with van der Waals surface area (Å²) >= 11 is 0. The van der Waals surface area contributed by atoms with Crippen molar-refractivity contribution < 1.29 is 26.9 Å². The van der Waals surface area contributed by atoms with Gasteiger partial charge in [-0.15, -0.1) is 0 Å². The van der Waals surface area contributed by atoms with E-state index in [2.05, 4.69) is 5.32 Å². The molecule has 1 unspecified atom stereocenters. The predicted octanol–water partition coefficient (Wildman–Crippen LogP) is 2.37. The lowest BCUT2D eigenvalue weighted by atomic mass is 10.1. The number of amides is 1. The molecule has 0 radical (unpaired) electrons. The van der Waals surface area contributed by atoms with Crippen LogP contribution in [0.2, 0.25) is 0 Å². The van der Waals surface area contributed by atoms with E-state index in [4.69, 9.17) is 8.92 Å². The van der Waals surface area contributed by atoms with Crippen molar-refractivity contribution >= 4 is 22.0 Å². The lowest BCUT2D eigenvalue weighted by Crippen LogP contribution is -2.42. The van der Waals surface area contributed by atoms with Gasteiger partial charge in [0.2, 0.25) is 5.91 Å². The highest BCUT2D eigenvalue weighted by atomic mass is 32.2. The van der Waals surface area contributed by atoms with Gasteiger partial charge in [-0.25, -0.2) is 4.79 Å². The number of carbonyl (C=O) groups excluding carboxylic acids is 2. The van der Waals surface area contributed by atoms with E-state index < -0.39 is 22.1 Å². The second kappa shape index (κ2) is 9.36. The molecule has 8 heteroatoms. The lowest BCUT2D eigenvalue weighted by molar-refractivity contribution is -0.147. The Labute approximate surface area is 164 Å². The molecule has 0 aromatic heterocycles. The summed E-state index contributed by atoms with van der Waals surface area (Å²) in [5, 5.41) is 2.55. The molecule has 0 bridgehead atoms. The van der Waals surface area contributed by atoms with Crippen molar-refractivity contribution in [2.24, 2.45) is 0 Å². The van der Waals surface area contributed by atoms with Crippen LogP contribution in [0.5, 0.6) is 5.75 Å². The van der Waals surface area contributed by atoms with Gasteiger partial charge in [-0.05, 0) is 43.7 Å². The summed E-state index contributed by atoms with van der Waals surface area (Å²) in [5.74, 6) is -0.723. The highest BCUT2D eigenvalue weighted by Crippen LogP contribution is 2.20. The van der Waals surface area contributed by atoms with Crippen molar-refractivity contribution in [3.05, 3.63) is 59.7 Å². The molecule has 1 amide bonds. The third-order valence-electron chi connectivity index (χ3n) is 3.83. The Balaban J connectivity index is 2.10. The maximum absolute atomic E-state index is 12.3. The summed E-state index contributed by atoms with van der Waals surface area (Å²) in [5.41, 5.74) is 1.66. The number of esters is 1. The Morgan fingerprint density at radius 3 is 2.18 bits per heavy atom. The van der Waals surface area contributed by atoms with Crippen molar-refractivity contribution in [3.8, 4) is 5.75 Å². The Bertz CT molecular complexity index is 920. The van der Waals surface area contributed by atoms with Crippen LogP contribution in [0.1, 0.15) is 25.0 Å². The quantitative estimate of drug-likeness (QED) is 0.535. The van der Waals surface area contributed by atoms with Gasteiger partial charge in [-0.2, -0.15) is 8.42 Å². The van der Waals surface area contributed by atoms with E-state index in [0.717, 1.165) is 5.56 Å². The number of aryl methyl sites for hydroxylation is 1. The molecule has 1 atom stereocenters. The first-order valence-corrected chi connectivity index (χ1v) is 10.2. The van der Waals surface area contributed by atoms with Crippen LogP contribution in [-0.2, 0) is 30.9 Å². The van der Waals surface area contributed by atoms with E-state index in [9.17, 15) is 18.0 Å². The number of benzene rings is 2. The van der Waals surface area contributed by atoms with Crippen LogP contribution < -0.4 is 9.50 Å². The van der Waals surface area contributed by atoms with Crippen LogP contribution in [0, 0.1) is 6.92 Å². The van der Waals surface area contributed by atoms with Crippen LogP contribution in [0.25, 0.3) is 0 Å². The summed E-state index contributed by atoms with van der Waals surface area (Å²) in [6.45, 7) is 5.07. The Morgan fingerprint density at radius 1 is 1.04 bits per heavy atom. The molecule has 2 rings (SSSR count). The van der Waals surface area contributed by atoms with Crippen LogP contribution >= 0.6 is 0 Å². The highest BCUT2D eigenvalue weighted by molar-refractivity contribution is 7.87. The van der Waals surface area contributed by atoms with Gasteiger partial charge in [0.05, 0.1) is 6.61 Å². The minimum Gasteiger partial charge on any atom is -0.464 e. The van der Waals surface area contributed by atoms with Crippen LogP contribution in [0.4, 0.5) is 0 Å². The van der Waals surface area contributed by atoms with Crippen molar-refractivity contribution in [1.29, 1.82) is 0 Å². The molecule has 0 spiro atoms. The third kappa shape index (κ3) is 6.09. The second-order valence-corrected chi connectivity index (χ2v) is 7.75. The molecule has 0 heterocycles. The molecule has 0 saturated heterocycles. The number of hydrogen-bond acceptors (Lipinski definition) is 6. The average Bonchev–Trinajstić information content (AvgIpc) is 2.62. The Morgan fingerprint density at radius 2 is 1.64 bits per heavy atom. The number of carbonyl (C=O) groups is 2. The first-order chi connectivity index (χ1) is 13.2. The first kappa shape index (κ1) is 21.4. The third-order valence-corrected chi connectivity index (χ3v) is 5.09. The van der Waals surface area contributed by atoms with Crippen LogP contribution in [0.3, 0.4) is 0 Å². The van der Waals surface area contributed by atoms with Crippen LogP contribution in [0.15, 0.2) is 53.4 Å². The topological polar surface area (TPSA) is 98.8 Å². The van der Waals surface area contributed by atoms with E-state index in [1.807, 2.05) is 6.92 Å². The normalized spacial score (nSPS) is 12.1. The van der Waals surface area contributed by atoms with Crippen molar-refractivity contribution in [3.63, 3.8) is 0 Å². The number of hydrogen-bond donors (Lipinski definition) is 1. The number of ether oxygens (including phenoxy) is 1. The zero-order valence-electron chi connectivity index (χ0n) is 16.0. The molecule has 150 valence electrons. The average molecular weight is 405 g/mol. The zero-order valence-corrected chi connectivity index (χ0v) is 16.8. The highest BCUT2D eigenvalue weighted by Gasteiger charge is 2.21. The minimum atomic E-state index is -3.93. The van der Waals surface area contributed by atoms with Gasteiger partial charge in [0.25, 0.3) is 0 Å². The summed E-state index contributed by atoms with van der Waals surface area (Å²) in [4.78, 5) is 23.4. The van der Waals surface area contributed by atoms with E-state index in [-0.39, 0.29) is 29.6 Å². The molecule has 0 aliphatic heterocycles. The fraction of sp³-hybridized carbons (Fsp3) is 0.300. The molecular formula is C20H23NO6S. The van der Waals surface area contributed by atoms with E-state index >= 15 is 0 Å². The Kier molecular flexibility index (Phi) is 7.17. The second-order valence-electron chi connectivity index (χ2n) is 6.20. The van der Waals surface area contributed by atoms with E-state index in [1.54, 1.807) is 31.2 Å². The Hall–Kier alpha value is -2.87. The molecule has 0 fully saturated rings. The summed E-state index contributed by atoms with van der Waals surface area (Å²) in [6, 6.07) is 11.8. The molecule has 0 aliphatic carbocycles. The maximum atomic E-state index is 12.3. The fourth-order valence-corrected chi connectivity index (χ4v) is 3.41. The predicted molar refractivity (Wildman–Crippen MR) is 103 cm³/mol. The number of nitrogens with one attached hydrogen (secondary N) is 1. The lowest BCUT2D eigenvalue weighted by Gasteiger charge is -2.16. The molecule has 0 saturated carbocycles. The maximum Gasteiger partial charge on any atom is 0.339 e. The molecule has 2 aromatic carbocycles. The van der Waals surface area contributed by atoms with Crippen molar-refractivity contribution in [2.45, 2.75) is 38.1 Å². The fourth-order valence-electron chi connectivity index (χ4n) is 2.48. The van der Waals surface area contributed by atoms with Gasteiger partial charge < -0.3 is 14.2 Å². The van der Waals surface area contributed by atoms with Gasteiger partial charge in [0.15, 0.2) is 0 Å². The van der Waals surface area contributed by atoms with Gasteiger partial charge in [0, 0.05) is 13.3 Å². The van der Waals surface area contributed by atoms with Crippen molar-refractivity contribution in [2.75, 3.05) is 6.61 Å². The zero-order chi connectivity index (χ0) is 20.7. The molecule has 7 nitrogen and oxygen atoms in total. The van der Waals surface area contributed by atoms with E-state index in [1.165, 1.54) is 31.2 Å². The molecule has 2 aromatic rings. The number of rotatable bonds is 8. The molecule has 28 heavy (non-hydrogen) atoms. The summed E-state index contributed by atoms with van der Waals surface area (Å²) in [6.07, 6.45) is 0.212. The largest absolute Gasteiger partial charge is 0.464 e. The smallest absolute Gasteiger partial charge is 0.339 e. The standard InChI is InChI=1S/C20H23NO6S/c1-4-26-20(23)19(21-15(3)22)13-16-7-9-17(10-8-16)27-28(24,25)18-11-5-14(2)6-12-18/h5-12,19H,4,13H2,1-3H3,(H,21,22). The molecule has 1 N–H and O–H groups in total. The van der Waals surface area contributed by atoms with Gasteiger partial charge >= 0.3 is 16.1 Å². The summed E-state index contributed by atoms with van der Waals surface area (Å²) < 4.78 is 34.8. The van der Waals surface area contributed by atoms with Crippen molar-refractivity contribution in [1.82, 2.24) is 5.32 Å². The molecular weight excluding hydrogens is 382 g/mol. The van der Waals surface area contributed by atoms with Crippen LogP contribution in [-0.4, -0.2) is 32.9 Å². The van der Waals surface area contributed by atoms with Gasteiger partial charge in [-0.1, -0.05) is 29.8 Å². The summed E-state index contributed by atoms with van der Waals surface area (Å²) in [7, 11) is -3.93. The minimum absolute atomic E-state index is 0.0650. The first-order valence-electron chi connectivity index (χ1n) is 8.75. The van der Waals surface area contributed by atoms with Gasteiger partial charge in [0.1, 0.15) is 16.7 Å². The molecule has 0 aliphatic rings. The van der Waals surface area contributed by atoms with Gasteiger partial charge in [-0.3, -0.25) is 4.79 Å². The monoisotopic (exact) mass is 405 g/mol. The van der Waals surface area contributed by atoms with E-state index in [0.29, 0.717) is 5.56 Å². The SMILES string of the molecule is CCOC(=O)C(Cc1ccc(OS(=O)(=O)c2ccc(C)cc2)cc1)NC(C)=O.